The minimum absolute atomic E-state index is 0.102. The number of thiazole rings is 1. The summed E-state index contributed by atoms with van der Waals surface area (Å²) >= 11 is 1.28. The number of amides is 1. The molecule has 9 heteroatoms. The maximum Gasteiger partial charge on any atom is 0.291 e. The highest BCUT2D eigenvalue weighted by molar-refractivity contribution is 7.15. The summed E-state index contributed by atoms with van der Waals surface area (Å²) in [6, 6.07) is 18.3. The van der Waals surface area contributed by atoms with Gasteiger partial charge in [0.2, 0.25) is 4.96 Å². The van der Waals surface area contributed by atoms with Crippen molar-refractivity contribution in [2.75, 3.05) is 11.9 Å². The Morgan fingerprint density at radius 1 is 1.12 bits per heavy atom. The molecule has 3 aromatic heterocycles. The van der Waals surface area contributed by atoms with Gasteiger partial charge in [-0.25, -0.2) is 0 Å². The van der Waals surface area contributed by atoms with Gasteiger partial charge in [-0.2, -0.15) is 9.50 Å². The molecule has 1 amide bonds. The third kappa shape index (κ3) is 4.69. The molecule has 2 aromatic carbocycles. The van der Waals surface area contributed by atoms with E-state index in [1.165, 1.54) is 15.9 Å². The maximum absolute atomic E-state index is 12.8. The van der Waals surface area contributed by atoms with Crippen molar-refractivity contribution in [1.82, 2.24) is 19.6 Å². The van der Waals surface area contributed by atoms with Crippen molar-refractivity contribution in [3.05, 3.63) is 99.1 Å². The number of rotatable bonds is 6. The Morgan fingerprint density at radius 2 is 1.91 bits per heavy atom. The summed E-state index contributed by atoms with van der Waals surface area (Å²) in [4.78, 5) is 33.8. The van der Waals surface area contributed by atoms with E-state index < -0.39 is 0 Å². The Kier molecular flexibility index (Phi) is 5.84. The summed E-state index contributed by atoms with van der Waals surface area (Å²) < 4.78 is 7.42. The second kappa shape index (κ2) is 9.24. The molecule has 0 spiro atoms. The van der Waals surface area contributed by atoms with Crippen LogP contribution in [0.15, 0.2) is 77.9 Å². The molecule has 5 aromatic rings. The summed E-state index contributed by atoms with van der Waals surface area (Å²) in [5.74, 6) is 0.812. The quantitative estimate of drug-likeness (QED) is 0.410. The smallest absolute Gasteiger partial charge is 0.291 e. The monoisotopic (exact) mass is 469 g/mol. The number of carbonyl (C=O) groups excluding carboxylic acids is 1. The summed E-state index contributed by atoms with van der Waals surface area (Å²) in [6.07, 6.45) is 5.10. The van der Waals surface area contributed by atoms with Crippen LogP contribution in [0.1, 0.15) is 11.1 Å². The summed E-state index contributed by atoms with van der Waals surface area (Å²) in [5.41, 5.74) is 3.21. The zero-order chi connectivity index (χ0) is 23.5. The standard InChI is InChI=1S/C25H19N5O3S/c1-16-3-2-4-19(13-16)27-22(31)15-33-20-7-5-17(6-8-20)14-21-24(32)30-25(34-21)28-23(29-30)18-9-11-26-12-10-18/h2-14H,15H2,1H3,(H,27,31)/b21-14-. The lowest BCUT2D eigenvalue weighted by Gasteiger charge is -2.08. The molecule has 5 rings (SSSR count). The molecule has 0 saturated heterocycles. The van der Waals surface area contributed by atoms with Crippen molar-refractivity contribution < 1.29 is 9.53 Å². The Hall–Kier alpha value is -4.37. The van der Waals surface area contributed by atoms with Gasteiger partial charge < -0.3 is 10.1 Å². The maximum atomic E-state index is 12.8. The largest absolute Gasteiger partial charge is 0.484 e. The first kappa shape index (κ1) is 21.5. The lowest BCUT2D eigenvalue weighted by molar-refractivity contribution is -0.118. The third-order valence-electron chi connectivity index (χ3n) is 4.97. The van der Waals surface area contributed by atoms with Gasteiger partial charge in [-0.3, -0.25) is 14.6 Å². The number of nitrogens with zero attached hydrogens (tertiary/aromatic N) is 4. The van der Waals surface area contributed by atoms with Crippen LogP contribution in [0.3, 0.4) is 0 Å². The molecular weight excluding hydrogens is 450 g/mol. The van der Waals surface area contributed by atoms with Crippen LogP contribution in [0.2, 0.25) is 0 Å². The number of ether oxygens (including phenoxy) is 1. The van der Waals surface area contributed by atoms with E-state index in [0.717, 1.165) is 22.4 Å². The molecule has 0 fully saturated rings. The van der Waals surface area contributed by atoms with Gasteiger partial charge >= 0.3 is 0 Å². The second-order valence-electron chi connectivity index (χ2n) is 7.56. The molecule has 3 heterocycles. The molecule has 0 bridgehead atoms. The summed E-state index contributed by atoms with van der Waals surface area (Å²) in [6.45, 7) is 1.86. The molecule has 34 heavy (non-hydrogen) atoms. The molecule has 1 N–H and O–H groups in total. The van der Waals surface area contributed by atoms with Crippen LogP contribution in [0.5, 0.6) is 5.75 Å². The number of benzene rings is 2. The Balaban J connectivity index is 1.26. The summed E-state index contributed by atoms with van der Waals surface area (Å²) in [7, 11) is 0. The zero-order valence-electron chi connectivity index (χ0n) is 18.1. The van der Waals surface area contributed by atoms with Gasteiger partial charge in [0, 0.05) is 23.6 Å². The van der Waals surface area contributed by atoms with Crippen molar-refractivity contribution in [3.63, 3.8) is 0 Å². The Morgan fingerprint density at radius 3 is 2.65 bits per heavy atom. The number of aromatic nitrogens is 4. The molecule has 0 saturated carbocycles. The number of pyridine rings is 1. The fraction of sp³-hybridized carbons (Fsp3) is 0.0800. The first-order chi connectivity index (χ1) is 16.5. The van der Waals surface area contributed by atoms with Crippen molar-refractivity contribution in [1.29, 1.82) is 0 Å². The van der Waals surface area contributed by atoms with Gasteiger partial charge in [0.25, 0.3) is 11.5 Å². The first-order valence-corrected chi connectivity index (χ1v) is 11.3. The Labute approximate surface area is 198 Å². The lowest BCUT2D eigenvalue weighted by atomic mass is 10.2. The topological polar surface area (TPSA) is 98.5 Å². The normalized spacial score (nSPS) is 11.6. The van der Waals surface area contributed by atoms with Gasteiger partial charge in [-0.1, -0.05) is 35.6 Å². The molecule has 0 aliphatic heterocycles. The molecule has 0 unspecified atom stereocenters. The minimum atomic E-state index is -0.238. The number of hydrogen-bond donors (Lipinski definition) is 1. The average Bonchev–Trinajstić information content (AvgIpc) is 3.38. The zero-order valence-corrected chi connectivity index (χ0v) is 19.0. The predicted molar refractivity (Wildman–Crippen MR) is 131 cm³/mol. The van der Waals surface area contributed by atoms with Crippen molar-refractivity contribution in [2.24, 2.45) is 0 Å². The van der Waals surface area contributed by atoms with Gasteiger partial charge in [-0.05, 0) is 60.5 Å². The van der Waals surface area contributed by atoms with Crippen molar-refractivity contribution in [3.8, 4) is 17.1 Å². The highest BCUT2D eigenvalue weighted by Crippen LogP contribution is 2.16. The van der Waals surface area contributed by atoms with E-state index in [4.69, 9.17) is 4.74 Å². The van der Waals surface area contributed by atoms with Crippen LogP contribution >= 0.6 is 11.3 Å². The molecule has 0 aliphatic carbocycles. The van der Waals surface area contributed by atoms with Crippen LogP contribution in [0.25, 0.3) is 22.4 Å². The van der Waals surface area contributed by atoms with Gasteiger partial charge in [0.15, 0.2) is 12.4 Å². The molecule has 8 nitrogen and oxygen atoms in total. The minimum Gasteiger partial charge on any atom is -0.484 e. The SMILES string of the molecule is Cc1cccc(NC(=O)COc2ccc(/C=c3\sc4nc(-c5ccncc5)nn4c3=O)cc2)c1. The number of anilines is 1. The number of aryl methyl sites for hydroxylation is 1. The van der Waals surface area contributed by atoms with E-state index in [-0.39, 0.29) is 18.1 Å². The molecule has 168 valence electrons. The van der Waals surface area contributed by atoms with E-state index in [1.54, 1.807) is 42.7 Å². The Bertz CT molecular complexity index is 1580. The predicted octanol–water partition coefficient (Wildman–Crippen LogP) is 3.09. The number of fused-ring (bicyclic) bond motifs is 1. The lowest BCUT2D eigenvalue weighted by Crippen LogP contribution is -2.23. The van der Waals surface area contributed by atoms with E-state index in [9.17, 15) is 9.59 Å². The van der Waals surface area contributed by atoms with Crippen LogP contribution in [-0.4, -0.2) is 32.1 Å². The van der Waals surface area contributed by atoms with Crippen molar-refractivity contribution in [2.45, 2.75) is 6.92 Å². The molecule has 0 radical (unpaired) electrons. The van der Waals surface area contributed by atoms with E-state index in [2.05, 4.69) is 20.4 Å². The van der Waals surface area contributed by atoms with Crippen LogP contribution in [-0.2, 0) is 4.79 Å². The summed E-state index contributed by atoms with van der Waals surface area (Å²) in [5, 5.41) is 7.14. The number of carbonyl (C=O) groups is 1. The van der Waals surface area contributed by atoms with E-state index in [0.29, 0.717) is 21.1 Å². The second-order valence-corrected chi connectivity index (χ2v) is 8.57. The van der Waals surface area contributed by atoms with Gasteiger partial charge in [0.1, 0.15) is 5.75 Å². The van der Waals surface area contributed by atoms with Crippen molar-refractivity contribution >= 4 is 34.0 Å². The van der Waals surface area contributed by atoms with E-state index >= 15 is 0 Å². The van der Waals surface area contributed by atoms with Crippen LogP contribution < -0.4 is 20.1 Å². The number of hydrogen-bond acceptors (Lipinski definition) is 7. The highest BCUT2D eigenvalue weighted by atomic mass is 32.1. The first-order valence-electron chi connectivity index (χ1n) is 10.5. The molecule has 0 aliphatic rings. The number of nitrogens with one attached hydrogen (secondary N) is 1. The average molecular weight is 470 g/mol. The third-order valence-corrected chi connectivity index (χ3v) is 5.93. The van der Waals surface area contributed by atoms with Gasteiger partial charge in [-0.15, -0.1) is 5.10 Å². The van der Waals surface area contributed by atoms with E-state index in [1.807, 2.05) is 43.3 Å². The fourth-order valence-electron chi connectivity index (χ4n) is 3.34. The molecular formula is C25H19N5O3S. The molecule has 0 atom stereocenters. The van der Waals surface area contributed by atoms with Crippen LogP contribution in [0.4, 0.5) is 5.69 Å². The fourth-order valence-corrected chi connectivity index (χ4v) is 4.25. The van der Waals surface area contributed by atoms with Crippen LogP contribution in [0, 0.1) is 6.92 Å². The highest BCUT2D eigenvalue weighted by Gasteiger charge is 2.12. The van der Waals surface area contributed by atoms with Gasteiger partial charge in [0.05, 0.1) is 4.53 Å².